The van der Waals surface area contributed by atoms with Gasteiger partial charge in [-0.15, -0.1) is 24.0 Å². The Kier molecular flexibility index (Phi) is 10.1. The SMILES string of the molecule is CCNC(=NCC(O)c1ccc(C)cc1)NC1CCN(C(=O)C(C)C)C1.I. The van der Waals surface area contributed by atoms with Gasteiger partial charge in [0.1, 0.15) is 0 Å². The number of halogens is 1. The van der Waals surface area contributed by atoms with Crippen LogP contribution in [0.15, 0.2) is 29.3 Å². The van der Waals surface area contributed by atoms with E-state index in [1.807, 2.05) is 56.9 Å². The number of hydrogen-bond donors (Lipinski definition) is 3. The lowest BCUT2D eigenvalue weighted by Gasteiger charge is -2.20. The van der Waals surface area contributed by atoms with Crippen LogP contribution in [0, 0.1) is 12.8 Å². The molecule has 0 spiro atoms. The number of likely N-dealkylation sites (tertiary alicyclic amines) is 1. The van der Waals surface area contributed by atoms with Crippen molar-refractivity contribution < 1.29 is 9.90 Å². The maximum atomic E-state index is 12.1. The van der Waals surface area contributed by atoms with Gasteiger partial charge in [-0.25, -0.2) is 0 Å². The van der Waals surface area contributed by atoms with Crippen molar-refractivity contribution in [2.75, 3.05) is 26.2 Å². The normalized spacial score (nSPS) is 18.2. The van der Waals surface area contributed by atoms with Gasteiger partial charge in [-0.3, -0.25) is 9.79 Å². The fourth-order valence-corrected chi connectivity index (χ4v) is 3.03. The molecule has 1 aromatic carbocycles. The van der Waals surface area contributed by atoms with Crippen molar-refractivity contribution in [1.82, 2.24) is 15.5 Å². The number of hydrogen-bond acceptors (Lipinski definition) is 3. The van der Waals surface area contributed by atoms with Crippen LogP contribution < -0.4 is 10.6 Å². The molecule has 0 aromatic heterocycles. The van der Waals surface area contributed by atoms with E-state index in [9.17, 15) is 9.90 Å². The van der Waals surface area contributed by atoms with Gasteiger partial charge in [-0.1, -0.05) is 43.7 Å². The number of aliphatic imine (C=N–C) groups is 1. The maximum Gasteiger partial charge on any atom is 0.225 e. The van der Waals surface area contributed by atoms with Crippen molar-refractivity contribution >= 4 is 35.8 Å². The molecule has 6 nitrogen and oxygen atoms in total. The average molecular weight is 488 g/mol. The lowest BCUT2D eigenvalue weighted by molar-refractivity contribution is -0.133. The van der Waals surface area contributed by atoms with E-state index in [0.29, 0.717) is 19.0 Å². The Morgan fingerprint density at radius 3 is 2.59 bits per heavy atom. The quantitative estimate of drug-likeness (QED) is 0.327. The first-order valence-corrected chi connectivity index (χ1v) is 9.49. The second-order valence-electron chi connectivity index (χ2n) is 7.21. The molecule has 0 aliphatic carbocycles. The summed E-state index contributed by atoms with van der Waals surface area (Å²) in [5.74, 6) is 0.911. The lowest BCUT2D eigenvalue weighted by Crippen LogP contribution is -2.45. The van der Waals surface area contributed by atoms with Crippen molar-refractivity contribution in [3.63, 3.8) is 0 Å². The third-order valence-corrected chi connectivity index (χ3v) is 4.56. The summed E-state index contributed by atoms with van der Waals surface area (Å²) >= 11 is 0. The number of rotatable bonds is 6. The van der Waals surface area contributed by atoms with Crippen LogP contribution >= 0.6 is 24.0 Å². The summed E-state index contributed by atoms with van der Waals surface area (Å²) in [6.45, 7) is 10.4. The Hall–Kier alpha value is -1.35. The van der Waals surface area contributed by atoms with E-state index in [0.717, 1.165) is 25.1 Å². The monoisotopic (exact) mass is 488 g/mol. The zero-order valence-electron chi connectivity index (χ0n) is 16.7. The van der Waals surface area contributed by atoms with Gasteiger partial charge in [-0.2, -0.15) is 0 Å². The Bertz CT molecular complexity index is 619. The standard InChI is InChI=1S/C20H32N4O2.HI/c1-5-21-20(22-12-18(25)16-8-6-15(4)7-9-16)23-17-10-11-24(13-17)19(26)14(2)3;/h6-9,14,17-18,25H,5,10-13H2,1-4H3,(H2,21,22,23);1H. The predicted octanol–water partition coefficient (Wildman–Crippen LogP) is 2.46. The number of guanidine groups is 1. The van der Waals surface area contributed by atoms with E-state index < -0.39 is 6.10 Å². The second-order valence-corrected chi connectivity index (χ2v) is 7.21. The van der Waals surface area contributed by atoms with Gasteiger partial charge in [0.25, 0.3) is 0 Å². The molecule has 3 N–H and O–H groups in total. The minimum absolute atomic E-state index is 0. The van der Waals surface area contributed by atoms with E-state index in [2.05, 4.69) is 15.6 Å². The van der Waals surface area contributed by atoms with Crippen LogP contribution in [0.3, 0.4) is 0 Å². The number of amides is 1. The summed E-state index contributed by atoms with van der Waals surface area (Å²) in [6.07, 6.45) is 0.275. The number of carbonyl (C=O) groups excluding carboxylic acids is 1. The van der Waals surface area contributed by atoms with Crippen LogP contribution in [0.2, 0.25) is 0 Å². The first-order valence-electron chi connectivity index (χ1n) is 9.49. The molecule has 27 heavy (non-hydrogen) atoms. The molecule has 2 unspecified atom stereocenters. The van der Waals surface area contributed by atoms with Gasteiger partial charge in [0.2, 0.25) is 5.91 Å². The third-order valence-electron chi connectivity index (χ3n) is 4.56. The van der Waals surface area contributed by atoms with Gasteiger partial charge >= 0.3 is 0 Å². The number of aliphatic hydroxyl groups excluding tert-OH is 1. The summed E-state index contributed by atoms with van der Waals surface area (Å²) in [7, 11) is 0. The number of aryl methyl sites for hydroxylation is 1. The predicted molar refractivity (Wildman–Crippen MR) is 120 cm³/mol. The number of carbonyl (C=O) groups is 1. The largest absolute Gasteiger partial charge is 0.386 e. The van der Waals surface area contributed by atoms with Gasteiger partial charge in [0.05, 0.1) is 12.6 Å². The molecule has 152 valence electrons. The molecule has 2 atom stereocenters. The molecule has 0 radical (unpaired) electrons. The number of aliphatic hydroxyl groups is 1. The number of nitrogens with zero attached hydrogens (tertiary/aromatic N) is 2. The van der Waals surface area contributed by atoms with Crippen molar-refractivity contribution in [1.29, 1.82) is 0 Å². The molecule has 1 aromatic rings. The van der Waals surface area contributed by atoms with Crippen molar-refractivity contribution in [3.8, 4) is 0 Å². The van der Waals surface area contributed by atoms with Gasteiger partial charge in [-0.05, 0) is 25.8 Å². The zero-order valence-corrected chi connectivity index (χ0v) is 19.1. The summed E-state index contributed by atoms with van der Waals surface area (Å²) in [4.78, 5) is 18.5. The summed E-state index contributed by atoms with van der Waals surface area (Å²) in [5.41, 5.74) is 2.03. The van der Waals surface area contributed by atoms with Gasteiger partial charge in [0.15, 0.2) is 5.96 Å². The Morgan fingerprint density at radius 1 is 1.33 bits per heavy atom. The molecule has 1 aliphatic rings. The number of benzene rings is 1. The van der Waals surface area contributed by atoms with Crippen LogP contribution in [0.1, 0.15) is 44.4 Å². The first kappa shape index (κ1) is 23.7. The van der Waals surface area contributed by atoms with E-state index in [-0.39, 0.29) is 41.8 Å². The van der Waals surface area contributed by atoms with E-state index >= 15 is 0 Å². The highest BCUT2D eigenvalue weighted by atomic mass is 127. The van der Waals surface area contributed by atoms with Crippen LogP contribution in [-0.2, 0) is 4.79 Å². The first-order chi connectivity index (χ1) is 12.4. The molecule has 1 amide bonds. The van der Waals surface area contributed by atoms with E-state index in [1.165, 1.54) is 5.56 Å². The van der Waals surface area contributed by atoms with Gasteiger partial charge < -0.3 is 20.6 Å². The van der Waals surface area contributed by atoms with Crippen molar-refractivity contribution in [2.45, 2.75) is 46.3 Å². The number of nitrogens with one attached hydrogen (secondary N) is 2. The molecular formula is C20H33IN4O2. The third kappa shape index (κ3) is 7.29. The minimum atomic E-state index is -0.631. The smallest absolute Gasteiger partial charge is 0.225 e. The molecule has 1 aliphatic heterocycles. The molecule has 0 saturated carbocycles. The minimum Gasteiger partial charge on any atom is -0.386 e. The highest BCUT2D eigenvalue weighted by Gasteiger charge is 2.28. The summed E-state index contributed by atoms with van der Waals surface area (Å²) in [6, 6.07) is 8.03. The molecule has 1 saturated heterocycles. The zero-order chi connectivity index (χ0) is 19.1. The Balaban J connectivity index is 0.00000364. The summed E-state index contributed by atoms with van der Waals surface area (Å²) < 4.78 is 0. The summed E-state index contributed by atoms with van der Waals surface area (Å²) in [5, 5.41) is 17.0. The molecule has 2 rings (SSSR count). The molecular weight excluding hydrogens is 455 g/mol. The van der Waals surface area contributed by atoms with Crippen LogP contribution in [0.25, 0.3) is 0 Å². The Morgan fingerprint density at radius 2 is 2.00 bits per heavy atom. The maximum absolute atomic E-state index is 12.1. The average Bonchev–Trinajstić information content (AvgIpc) is 3.07. The van der Waals surface area contributed by atoms with Gasteiger partial charge in [0, 0.05) is 31.6 Å². The highest BCUT2D eigenvalue weighted by Crippen LogP contribution is 2.15. The fraction of sp³-hybridized carbons (Fsp3) is 0.600. The van der Waals surface area contributed by atoms with Crippen molar-refractivity contribution in [2.24, 2.45) is 10.9 Å². The Labute approximate surface area is 179 Å². The molecule has 0 bridgehead atoms. The van der Waals surface area contributed by atoms with Crippen molar-refractivity contribution in [3.05, 3.63) is 35.4 Å². The second kappa shape index (κ2) is 11.5. The molecule has 7 heteroatoms. The topological polar surface area (TPSA) is 77.0 Å². The highest BCUT2D eigenvalue weighted by molar-refractivity contribution is 14.0. The van der Waals surface area contributed by atoms with E-state index in [1.54, 1.807) is 0 Å². The molecule has 1 fully saturated rings. The van der Waals surface area contributed by atoms with Crippen LogP contribution in [0.5, 0.6) is 0 Å². The molecule has 1 heterocycles. The lowest BCUT2D eigenvalue weighted by atomic mass is 10.1. The van der Waals surface area contributed by atoms with E-state index in [4.69, 9.17) is 0 Å². The fourth-order valence-electron chi connectivity index (χ4n) is 3.03. The van der Waals surface area contributed by atoms with Crippen LogP contribution in [0.4, 0.5) is 0 Å². The van der Waals surface area contributed by atoms with Crippen LogP contribution in [-0.4, -0.2) is 54.1 Å².